The molecule has 9 heteroatoms. The van der Waals surface area contributed by atoms with E-state index in [-0.39, 0.29) is 41.7 Å². The predicted octanol–water partition coefficient (Wildman–Crippen LogP) is 3.98. The van der Waals surface area contributed by atoms with Crippen LogP contribution in [0.1, 0.15) is 49.7 Å². The third-order valence-corrected chi connectivity index (χ3v) is 5.16. The van der Waals surface area contributed by atoms with Gasteiger partial charge in [-0.05, 0) is 42.7 Å². The Kier molecular flexibility index (Phi) is 10.2. The zero-order chi connectivity index (χ0) is 20.7. The number of guanidine groups is 1. The summed E-state index contributed by atoms with van der Waals surface area (Å²) in [5, 5.41) is 3.30. The minimum absolute atomic E-state index is 0. The molecule has 5 nitrogen and oxygen atoms in total. The van der Waals surface area contributed by atoms with Gasteiger partial charge in [-0.3, -0.25) is 9.79 Å². The number of carbonyl (C=O) groups is 1. The molecule has 0 aliphatic carbocycles. The number of primary amides is 1. The summed E-state index contributed by atoms with van der Waals surface area (Å²) in [6.45, 7) is 4.11. The molecule has 2 atom stereocenters. The highest BCUT2D eigenvalue weighted by Gasteiger charge is 2.30. The molecule has 2 unspecified atom stereocenters. The monoisotopic (exact) mass is 526 g/mol. The molecule has 1 aromatic carbocycles. The third-order valence-electron chi connectivity index (χ3n) is 5.16. The number of amides is 1. The lowest BCUT2D eigenvalue weighted by Crippen LogP contribution is -2.47. The summed E-state index contributed by atoms with van der Waals surface area (Å²) in [5.74, 6) is 0.681. The SMILES string of the molecule is CN=C(NCCC(C)c1cccc(C(F)(F)F)c1)N1CCCC(CC(N)=O)C1.I. The Labute approximate surface area is 187 Å². The lowest BCUT2D eigenvalue weighted by Gasteiger charge is -2.34. The third kappa shape index (κ3) is 8.02. The number of piperidine rings is 1. The Bertz CT molecular complexity index is 697. The number of hydrogen-bond acceptors (Lipinski definition) is 2. The topological polar surface area (TPSA) is 70.7 Å². The van der Waals surface area contributed by atoms with Crippen molar-refractivity contribution < 1.29 is 18.0 Å². The Morgan fingerprint density at radius 3 is 2.76 bits per heavy atom. The molecule has 0 spiro atoms. The number of likely N-dealkylation sites (tertiary alicyclic amines) is 1. The van der Waals surface area contributed by atoms with Crippen molar-refractivity contribution in [3.63, 3.8) is 0 Å². The van der Waals surface area contributed by atoms with Crippen LogP contribution in [0.5, 0.6) is 0 Å². The standard InChI is InChI=1S/C20H29F3N4O.HI/c1-14(16-6-3-7-17(12-16)20(21,22)23)8-9-26-19(25-2)27-10-4-5-15(13-27)11-18(24)28;/h3,6-7,12,14-15H,4-5,8-11,13H2,1-2H3,(H2,24,28)(H,25,26);1H. The maximum absolute atomic E-state index is 12.9. The van der Waals surface area contributed by atoms with Crippen LogP contribution in [0.25, 0.3) is 0 Å². The summed E-state index contributed by atoms with van der Waals surface area (Å²) in [6.07, 6.45) is -1.33. The fourth-order valence-corrected chi connectivity index (χ4v) is 3.63. The number of benzene rings is 1. The normalized spacial score (nSPS) is 18.7. The number of nitrogens with zero attached hydrogens (tertiary/aromatic N) is 2. The van der Waals surface area contributed by atoms with E-state index in [2.05, 4.69) is 15.2 Å². The first-order valence-electron chi connectivity index (χ1n) is 9.61. The molecule has 0 radical (unpaired) electrons. The van der Waals surface area contributed by atoms with Crippen LogP contribution in [0, 0.1) is 5.92 Å². The van der Waals surface area contributed by atoms with E-state index in [4.69, 9.17) is 5.73 Å². The minimum Gasteiger partial charge on any atom is -0.370 e. The summed E-state index contributed by atoms with van der Waals surface area (Å²) >= 11 is 0. The molecule has 1 aliphatic heterocycles. The van der Waals surface area contributed by atoms with Crippen molar-refractivity contribution in [2.45, 2.75) is 44.7 Å². The van der Waals surface area contributed by atoms with Crippen molar-refractivity contribution in [2.24, 2.45) is 16.6 Å². The zero-order valence-electron chi connectivity index (χ0n) is 16.8. The first kappa shape index (κ1) is 25.5. The molecule has 2 rings (SSSR count). The van der Waals surface area contributed by atoms with Crippen molar-refractivity contribution in [1.29, 1.82) is 0 Å². The van der Waals surface area contributed by atoms with E-state index >= 15 is 0 Å². The molecule has 1 fully saturated rings. The van der Waals surface area contributed by atoms with E-state index in [1.807, 2.05) is 6.92 Å². The van der Waals surface area contributed by atoms with E-state index < -0.39 is 11.7 Å². The lowest BCUT2D eigenvalue weighted by atomic mass is 9.94. The molecule has 0 bridgehead atoms. The molecular formula is C20H30F3IN4O. The van der Waals surface area contributed by atoms with Crippen molar-refractivity contribution in [3.8, 4) is 0 Å². The van der Waals surface area contributed by atoms with Gasteiger partial charge < -0.3 is 16.0 Å². The molecule has 0 saturated carbocycles. The van der Waals surface area contributed by atoms with Crippen molar-refractivity contribution in [3.05, 3.63) is 35.4 Å². The van der Waals surface area contributed by atoms with Crippen LogP contribution < -0.4 is 11.1 Å². The zero-order valence-corrected chi connectivity index (χ0v) is 19.2. The van der Waals surface area contributed by atoms with Gasteiger partial charge in [0.25, 0.3) is 0 Å². The number of nitrogens with one attached hydrogen (secondary N) is 1. The van der Waals surface area contributed by atoms with Gasteiger partial charge in [-0.2, -0.15) is 13.2 Å². The predicted molar refractivity (Wildman–Crippen MR) is 119 cm³/mol. The number of carbonyl (C=O) groups excluding carboxylic acids is 1. The van der Waals surface area contributed by atoms with Crippen LogP contribution in [0.2, 0.25) is 0 Å². The highest BCUT2D eigenvalue weighted by atomic mass is 127. The Morgan fingerprint density at radius 2 is 2.14 bits per heavy atom. The van der Waals surface area contributed by atoms with Crippen LogP contribution in [0.3, 0.4) is 0 Å². The molecule has 164 valence electrons. The summed E-state index contributed by atoms with van der Waals surface area (Å²) in [4.78, 5) is 17.6. The first-order chi connectivity index (χ1) is 13.2. The second-order valence-corrected chi connectivity index (χ2v) is 7.41. The maximum Gasteiger partial charge on any atom is 0.416 e. The Morgan fingerprint density at radius 1 is 1.41 bits per heavy atom. The molecule has 1 heterocycles. The Balaban J connectivity index is 0.00000420. The van der Waals surface area contributed by atoms with E-state index in [9.17, 15) is 18.0 Å². The summed E-state index contributed by atoms with van der Waals surface area (Å²) < 4.78 is 38.7. The highest BCUT2D eigenvalue weighted by molar-refractivity contribution is 14.0. The molecule has 29 heavy (non-hydrogen) atoms. The van der Waals surface area contributed by atoms with Crippen molar-refractivity contribution in [1.82, 2.24) is 10.2 Å². The molecule has 1 aromatic rings. The van der Waals surface area contributed by atoms with Crippen LogP contribution >= 0.6 is 24.0 Å². The minimum atomic E-state index is -4.33. The van der Waals surface area contributed by atoms with Gasteiger partial charge >= 0.3 is 6.18 Å². The molecule has 3 N–H and O–H groups in total. The van der Waals surface area contributed by atoms with E-state index in [1.54, 1.807) is 13.1 Å². The second-order valence-electron chi connectivity index (χ2n) is 7.41. The van der Waals surface area contributed by atoms with Gasteiger partial charge in [-0.15, -0.1) is 24.0 Å². The maximum atomic E-state index is 12.9. The van der Waals surface area contributed by atoms with Crippen LogP contribution in [-0.4, -0.2) is 43.4 Å². The average molecular weight is 526 g/mol. The summed E-state index contributed by atoms with van der Waals surface area (Å²) in [5.41, 5.74) is 5.37. The van der Waals surface area contributed by atoms with E-state index in [0.717, 1.165) is 38.0 Å². The number of nitrogens with two attached hydrogens (primary N) is 1. The van der Waals surface area contributed by atoms with Gasteiger partial charge in [0, 0.05) is 33.1 Å². The van der Waals surface area contributed by atoms with Gasteiger partial charge in [0.1, 0.15) is 0 Å². The second kappa shape index (κ2) is 11.6. The van der Waals surface area contributed by atoms with Gasteiger partial charge in [-0.1, -0.05) is 25.1 Å². The van der Waals surface area contributed by atoms with Gasteiger partial charge in [0.15, 0.2) is 5.96 Å². The van der Waals surface area contributed by atoms with Crippen molar-refractivity contribution >= 4 is 35.8 Å². The summed E-state index contributed by atoms with van der Waals surface area (Å²) in [6, 6.07) is 5.50. The fourth-order valence-electron chi connectivity index (χ4n) is 3.63. The van der Waals surface area contributed by atoms with E-state index in [1.165, 1.54) is 12.1 Å². The number of halogens is 4. The average Bonchev–Trinajstić information content (AvgIpc) is 2.64. The number of alkyl halides is 3. The smallest absolute Gasteiger partial charge is 0.370 e. The number of aliphatic imine (C=N–C) groups is 1. The number of rotatable bonds is 6. The molecule has 0 aromatic heterocycles. The quantitative estimate of drug-likeness (QED) is 0.335. The molecule has 1 saturated heterocycles. The van der Waals surface area contributed by atoms with Crippen LogP contribution in [0.4, 0.5) is 13.2 Å². The summed E-state index contributed by atoms with van der Waals surface area (Å²) in [7, 11) is 1.70. The largest absolute Gasteiger partial charge is 0.416 e. The first-order valence-corrected chi connectivity index (χ1v) is 9.61. The van der Waals surface area contributed by atoms with Crippen LogP contribution in [0.15, 0.2) is 29.3 Å². The van der Waals surface area contributed by atoms with Crippen molar-refractivity contribution in [2.75, 3.05) is 26.7 Å². The van der Waals surface area contributed by atoms with Crippen LogP contribution in [-0.2, 0) is 11.0 Å². The molecular weight excluding hydrogens is 496 g/mol. The molecule has 1 amide bonds. The van der Waals surface area contributed by atoms with Gasteiger partial charge in [-0.25, -0.2) is 0 Å². The van der Waals surface area contributed by atoms with Gasteiger partial charge in [0.05, 0.1) is 5.56 Å². The molecule has 1 aliphatic rings. The highest BCUT2D eigenvalue weighted by Crippen LogP contribution is 2.31. The number of hydrogen-bond donors (Lipinski definition) is 2. The van der Waals surface area contributed by atoms with Gasteiger partial charge in [0.2, 0.25) is 5.91 Å². The Hall–Kier alpha value is -1.52. The van der Waals surface area contributed by atoms with E-state index in [0.29, 0.717) is 24.9 Å². The fraction of sp³-hybridized carbons (Fsp3) is 0.600. The lowest BCUT2D eigenvalue weighted by molar-refractivity contribution is -0.137.